The van der Waals surface area contributed by atoms with E-state index in [4.69, 9.17) is 5.73 Å². The van der Waals surface area contributed by atoms with Crippen molar-refractivity contribution in [2.45, 2.75) is 78.6 Å². The van der Waals surface area contributed by atoms with Crippen LogP contribution in [0.3, 0.4) is 0 Å². The number of fused-ring (bicyclic) bond motifs is 1. The van der Waals surface area contributed by atoms with Crippen molar-refractivity contribution in [3.05, 3.63) is 89.3 Å². The van der Waals surface area contributed by atoms with E-state index in [-0.39, 0.29) is 1.43 Å². The average Bonchev–Trinajstić information content (AvgIpc) is 2.82. The van der Waals surface area contributed by atoms with E-state index in [2.05, 4.69) is 80.4 Å². The van der Waals surface area contributed by atoms with Crippen LogP contribution < -0.4 is 5.73 Å². The van der Waals surface area contributed by atoms with Gasteiger partial charge in [0.05, 0.1) is 0 Å². The van der Waals surface area contributed by atoms with E-state index in [1.165, 1.54) is 78.8 Å². The van der Waals surface area contributed by atoms with Crippen LogP contribution in [0.5, 0.6) is 0 Å². The van der Waals surface area contributed by atoms with Crippen LogP contribution in [-0.2, 0) is 6.42 Å². The predicted octanol–water partition coefficient (Wildman–Crippen LogP) is 8.60. The molecule has 2 heteroatoms. The van der Waals surface area contributed by atoms with Gasteiger partial charge in [-0.1, -0.05) is 79.4 Å². The van der Waals surface area contributed by atoms with E-state index < -0.39 is 0 Å². The molecule has 1 aromatic heterocycles. The second-order valence-electron chi connectivity index (χ2n) is 10.1. The first-order chi connectivity index (χ1) is 16.6. The Bertz CT molecular complexity index is 1040. The lowest BCUT2D eigenvalue weighted by molar-refractivity contribution is 0.383. The molecule has 0 saturated carbocycles. The van der Waals surface area contributed by atoms with Crippen molar-refractivity contribution in [1.82, 2.24) is 4.98 Å². The standard InChI is InChI=1S/C21H34N2.C11H10.H2/c1-17(12-14-22)20-8-4-3-6-19(10-11-20)7-5-9-21-16-23-15-13-18(21)2;1-9-6-7-10-4-2-3-5-11(10)8-9;/h8,13,15-17,19H,3-7,9-12,14,22H2,1-2H3;2-8H,1H3;1H. The lowest BCUT2D eigenvalue weighted by Crippen LogP contribution is -2.11. The molecule has 2 aromatic carbocycles. The molecular weight excluding hydrogens is 412 g/mol. The maximum Gasteiger partial charge on any atom is 0.0302 e. The summed E-state index contributed by atoms with van der Waals surface area (Å²) in [5.74, 6) is 1.58. The van der Waals surface area contributed by atoms with Crippen LogP contribution in [0.4, 0.5) is 0 Å². The van der Waals surface area contributed by atoms with Gasteiger partial charge in [-0.2, -0.15) is 0 Å². The monoisotopic (exact) mass is 458 g/mol. The van der Waals surface area contributed by atoms with Crippen molar-refractivity contribution in [1.29, 1.82) is 0 Å². The highest BCUT2D eigenvalue weighted by molar-refractivity contribution is 5.82. The zero-order valence-electron chi connectivity index (χ0n) is 21.6. The number of benzene rings is 2. The summed E-state index contributed by atoms with van der Waals surface area (Å²) in [5.41, 5.74) is 11.5. The number of hydrogen-bond donors (Lipinski definition) is 1. The lowest BCUT2D eigenvalue weighted by Gasteiger charge is -2.23. The highest BCUT2D eigenvalue weighted by Gasteiger charge is 2.15. The van der Waals surface area contributed by atoms with Crippen LogP contribution in [-0.4, -0.2) is 11.5 Å². The van der Waals surface area contributed by atoms with E-state index in [0.29, 0.717) is 5.92 Å². The minimum atomic E-state index is 0. The summed E-state index contributed by atoms with van der Waals surface area (Å²) in [6.45, 7) is 7.47. The molecule has 2 atom stereocenters. The van der Waals surface area contributed by atoms with Gasteiger partial charge in [0, 0.05) is 13.8 Å². The Balaban J connectivity index is 0.000000300. The van der Waals surface area contributed by atoms with Crippen LogP contribution in [0.25, 0.3) is 10.8 Å². The van der Waals surface area contributed by atoms with Gasteiger partial charge < -0.3 is 5.73 Å². The summed E-state index contributed by atoms with van der Waals surface area (Å²) in [7, 11) is 0. The molecule has 0 radical (unpaired) electrons. The van der Waals surface area contributed by atoms with Crippen molar-refractivity contribution in [3.8, 4) is 0 Å². The van der Waals surface area contributed by atoms with Crippen molar-refractivity contribution in [2.75, 3.05) is 6.54 Å². The van der Waals surface area contributed by atoms with Crippen molar-refractivity contribution in [3.63, 3.8) is 0 Å². The molecule has 4 rings (SSSR count). The summed E-state index contributed by atoms with van der Waals surface area (Å²) in [4.78, 5) is 4.27. The fourth-order valence-electron chi connectivity index (χ4n) is 5.13. The number of rotatable bonds is 7. The molecule has 1 aliphatic rings. The van der Waals surface area contributed by atoms with Crippen LogP contribution in [0.2, 0.25) is 0 Å². The van der Waals surface area contributed by atoms with Crippen molar-refractivity contribution in [2.24, 2.45) is 17.6 Å². The quantitative estimate of drug-likeness (QED) is 0.360. The maximum absolute atomic E-state index is 5.73. The summed E-state index contributed by atoms with van der Waals surface area (Å²) >= 11 is 0. The third-order valence-corrected chi connectivity index (χ3v) is 7.41. The van der Waals surface area contributed by atoms with E-state index in [0.717, 1.165) is 18.9 Å². The molecule has 1 heterocycles. The Morgan fingerprint density at radius 3 is 2.68 bits per heavy atom. The Labute approximate surface area is 209 Å². The fraction of sp³-hybridized carbons (Fsp3) is 0.469. The minimum Gasteiger partial charge on any atom is -0.330 e. The van der Waals surface area contributed by atoms with Gasteiger partial charge in [0.1, 0.15) is 0 Å². The maximum atomic E-state index is 5.73. The molecule has 0 aliphatic heterocycles. The van der Waals surface area contributed by atoms with E-state index in [1.807, 2.05) is 12.4 Å². The second kappa shape index (κ2) is 14.1. The minimum absolute atomic E-state index is 0. The highest BCUT2D eigenvalue weighted by atomic mass is 14.6. The second-order valence-corrected chi connectivity index (χ2v) is 10.1. The van der Waals surface area contributed by atoms with Gasteiger partial charge >= 0.3 is 0 Å². The van der Waals surface area contributed by atoms with Crippen LogP contribution >= 0.6 is 0 Å². The van der Waals surface area contributed by atoms with Crippen molar-refractivity contribution >= 4 is 10.8 Å². The van der Waals surface area contributed by atoms with Crippen LogP contribution in [0.15, 0.2) is 72.6 Å². The fourth-order valence-corrected chi connectivity index (χ4v) is 5.13. The van der Waals surface area contributed by atoms with Crippen LogP contribution in [0.1, 0.15) is 76.4 Å². The third-order valence-electron chi connectivity index (χ3n) is 7.41. The number of nitrogens with two attached hydrogens (primary N) is 1. The number of allylic oxidation sites excluding steroid dienone is 2. The molecule has 3 aromatic rings. The number of pyridine rings is 1. The van der Waals surface area contributed by atoms with Gasteiger partial charge in [0.15, 0.2) is 0 Å². The van der Waals surface area contributed by atoms with Gasteiger partial charge in [-0.3, -0.25) is 4.98 Å². The van der Waals surface area contributed by atoms with E-state index >= 15 is 0 Å². The SMILES string of the molecule is Cc1ccc2ccccc2c1.Cc1ccncc1CCCC1CCCC=C(C(C)CCN)CC1.[HH]. The molecule has 0 amide bonds. The predicted molar refractivity (Wildman–Crippen MR) is 150 cm³/mol. The molecule has 184 valence electrons. The number of hydrogen-bond acceptors (Lipinski definition) is 2. The first-order valence-corrected chi connectivity index (χ1v) is 13.3. The molecule has 1 aliphatic carbocycles. The van der Waals surface area contributed by atoms with E-state index in [9.17, 15) is 0 Å². The lowest BCUT2D eigenvalue weighted by atomic mass is 9.83. The zero-order chi connectivity index (χ0) is 24.2. The first-order valence-electron chi connectivity index (χ1n) is 13.3. The van der Waals surface area contributed by atoms with E-state index in [1.54, 1.807) is 5.57 Å². The van der Waals surface area contributed by atoms with Gasteiger partial charge in [-0.15, -0.1) is 0 Å². The Kier molecular flexibility index (Phi) is 10.8. The Hall–Kier alpha value is -2.45. The zero-order valence-corrected chi connectivity index (χ0v) is 21.6. The Morgan fingerprint density at radius 1 is 1.06 bits per heavy atom. The average molecular weight is 459 g/mol. The summed E-state index contributed by atoms with van der Waals surface area (Å²) in [6.07, 6.45) is 18.1. The summed E-state index contributed by atoms with van der Waals surface area (Å²) in [5, 5.41) is 2.64. The summed E-state index contributed by atoms with van der Waals surface area (Å²) < 4.78 is 0. The van der Waals surface area contributed by atoms with Crippen LogP contribution in [0, 0.1) is 25.7 Å². The third kappa shape index (κ3) is 8.40. The molecule has 2 unspecified atom stereocenters. The summed E-state index contributed by atoms with van der Waals surface area (Å²) in [6, 6.07) is 17.0. The normalized spacial score (nSPS) is 17.2. The smallest absolute Gasteiger partial charge is 0.0302 e. The molecule has 2 N–H and O–H groups in total. The molecule has 0 fully saturated rings. The molecular formula is C32H46N2. The van der Waals surface area contributed by atoms with Crippen molar-refractivity contribution < 1.29 is 1.43 Å². The topological polar surface area (TPSA) is 38.9 Å². The highest BCUT2D eigenvalue weighted by Crippen LogP contribution is 2.30. The molecule has 0 bridgehead atoms. The van der Waals surface area contributed by atoms with Gasteiger partial charge in [-0.25, -0.2) is 0 Å². The first kappa shape index (κ1) is 26.2. The number of aromatic nitrogens is 1. The Morgan fingerprint density at radius 2 is 1.88 bits per heavy atom. The molecule has 0 saturated heterocycles. The van der Waals surface area contributed by atoms with Gasteiger partial charge in [0.25, 0.3) is 0 Å². The molecule has 0 spiro atoms. The largest absolute Gasteiger partial charge is 0.330 e. The number of aryl methyl sites for hydroxylation is 3. The van der Waals surface area contributed by atoms with Gasteiger partial charge in [-0.05, 0) is 105 Å². The molecule has 34 heavy (non-hydrogen) atoms. The molecule has 2 nitrogen and oxygen atoms in total. The van der Waals surface area contributed by atoms with Gasteiger partial charge in [0.2, 0.25) is 0 Å². The number of nitrogens with zero attached hydrogens (tertiary/aromatic N) is 1.